The van der Waals surface area contributed by atoms with Crippen molar-refractivity contribution in [2.45, 2.75) is 33.7 Å². The molecule has 0 radical (unpaired) electrons. The van der Waals surface area contributed by atoms with Crippen molar-refractivity contribution in [2.24, 2.45) is 5.92 Å². The summed E-state index contributed by atoms with van der Waals surface area (Å²) < 4.78 is 0. The van der Waals surface area contributed by atoms with Crippen molar-refractivity contribution >= 4 is 16.9 Å². The highest BCUT2D eigenvalue weighted by atomic mass is 16.4. The smallest absolute Gasteiger partial charge is 0.317 e. The first kappa shape index (κ1) is 15.6. The van der Waals surface area contributed by atoms with E-state index >= 15 is 0 Å². The molecule has 1 aromatic carbocycles. The maximum absolute atomic E-state index is 11.0. The zero-order valence-corrected chi connectivity index (χ0v) is 13.0. The maximum Gasteiger partial charge on any atom is 0.317 e. The van der Waals surface area contributed by atoms with Crippen molar-refractivity contribution in [3.8, 4) is 0 Å². The molecule has 4 heteroatoms. The fraction of sp³-hybridized carbons (Fsp3) is 0.471. The molecule has 0 spiro atoms. The highest BCUT2D eigenvalue weighted by molar-refractivity contribution is 5.86. The van der Waals surface area contributed by atoms with Gasteiger partial charge in [-0.15, -0.1) is 0 Å². The third-order valence-corrected chi connectivity index (χ3v) is 3.64. The number of hydrogen-bond acceptors (Lipinski definition) is 2. The Hall–Kier alpha value is -1.81. The average molecular weight is 288 g/mol. The van der Waals surface area contributed by atoms with Crippen LogP contribution in [0.5, 0.6) is 0 Å². The number of aromatic nitrogens is 1. The molecule has 21 heavy (non-hydrogen) atoms. The lowest BCUT2D eigenvalue weighted by Gasteiger charge is -2.22. The fourth-order valence-corrected chi connectivity index (χ4v) is 2.83. The van der Waals surface area contributed by atoms with E-state index < -0.39 is 5.97 Å². The van der Waals surface area contributed by atoms with Gasteiger partial charge in [0, 0.05) is 30.2 Å². The number of aliphatic carboxylic acids is 1. The van der Waals surface area contributed by atoms with Crippen LogP contribution in [0.15, 0.2) is 24.4 Å². The first-order valence-corrected chi connectivity index (χ1v) is 7.53. The number of aryl methyl sites for hydroxylation is 1. The highest BCUT2D eigenvalue weighted by Crippen LogP contribution is 2.23. The van der Waals surface area contributed by atoms with Crippen LogP contribution in [0.1, 0.15) is 31.9 Å². The second kappa shape index (κ2) is 6.76. The molecule has 2 N–H and O–H groups in total. The molecule has 0 saturated heterocycles. The number of fused-ring (bicyclic) bond motifs is 1. The number of para-hydroxylation sites is 1. The van der Waals surface area contributed by atoms with Crippen LogP contribution < -0.4 is 0 Å². The summed E-state index contributed by atoms with van der Waals surface area (Å²) >= 11 is 0. The number of aromatic amines is 1. The van der Waals surface area contributed by atoms with E-state index in [1.54, 1.807) is 0 Å². The zero-order valence-electron chi connectivity index (χ0n) is 13.0. The van der Waals surface area contributed by atoms with Crippen molar-refractivity contribution in [3.63, 3.8) is 0 Å². The summed E-state index contributed by atoms with van der Waals surface area (Å²) in [6.45, 7) is 7.89. The third-order valence-electron chi connectivity index (χ3n) is 3.64. The van der Waals surface area contributed by atoms with Crippen molar-refractivity contribution in [3.05, 3.63) is 35.5 Å². The first-order valence-electron chi connectivity index (χ1n) is 7.53. The molecule has 0 unspecified atom stereocenters. The van der Waals surface area contributed by atoms with Crippen LogP contribution in [0.25, 0.3) is 10.9 Å². The Morgan fingerprint density at radius 2 is 2.10 bits per heavy atom. The number of benzene rings is 1. The number of nitrogens with zero attached hydrogens (tertiary/aromatic N) is 1. The van der Waals surface area contributed by atoms with E-state index in [9.17, 15) is 4.79 Å². The summed E-state index contributed by atoms with van der Waals surface area (Å²) in [5, 5.41) is 10.3. The van der Waals surface area contributed by atoms with E-state index in [4.69, 9.17) is 5.11 Å². The van der Waals surface area contributed by atoms with Crippen molar-refractivity contribution < 1.29 is 9.90 Å². The summed E-state index contributed by atoms with van der Waals surface area (Å²) in [4.78, 5) is 16.4. The molecule has 114 valence electrons. The lowest BCUT2D eigenvalue weighted by atomic mass is 10.1. The fourth-order valence-electron chi connectivity index (χ4n) is 2.83. The van der Waals surface area contributed by atoms with Crippen LogP contribution in [0.3, 0.4) is 0 Å². The molecule has 0 aliphatic carbocycles. The minimum atomic E-state index is -0.773. The maximum atomic E-state index is 11.0. The Labute approximate surface area is 125 Å². The van der Waals surface area contributed by atoms with Gasteiger partial charge in [0.1, 0.15) is 0 Å². The van der Waals surface area contributed by atoms with E-state index in [2.05, 4.69) is 44.0 Å². The van der Waals surface area contributed by atoms with E-state index in [1.165, 1.54) is 22.0 Å². The second-order valence-electron chi connectivity index (χ2n) is 5.96. The van der Waals surface area contributed by atoms with E-state index in [0.717, 1.165) is 13.0 Å². The molecule has 0 aliphatic rings. The molecule has 2 aromatic rings. The van der Waals surface area contributed by atoms with Crippen LogP contribution in [0, 0.1) is 5.92 Å². The molecule has 0 atom stereocenters. The number of nitrogens with one attached hydrogen (secondary N) is 1. The van der Waals surface area contributed by atoms with Crippen LogP contribution >= 0.6 is 0 Å². The van der Waals surface area contributed by atoms with Crippen molar-refractivity contribution in [1.82, 2.24) is 9.88 Å². The SMILES string of the molecule is CCc1cccc2c(CN(CC(=O)O)CC(C)C)c[nH]c12. The Balaban J connectivity index is 2.26. The van der Waals surface area contributed by atoms with E-state index in [1.807, 2.05) is 11.1 Å². The van der Waals surface area contributed by atoms with Crippen LogP contribution in [-0.4, -0.2) is 34.0 Å². The topological polar surface area (TPSA) is 56.3 Å². The quantitative estimate of drug-likeness (QED) is 0.822. The number of rotatable bonds is 7. The number of carbonyl (C=O) groups is 1. The molecule has 1 aromatic heterocycles. The van der Waals surface area contributed by atoms with Gasteiger partial charge >= 0.3 is 5.97 Å². The Morgan fingerprint density at radius 1 is 1.33 bits per heavy atom. The predicted molar refractivity (Wildman–Crippen MR) is 85.4 cm³/mol. The van der Waals surface area contributed by atoms with Crippen LogP contribution in [0.2, 0.25) is 0 Å². The molecule has 0 bridgehead atoms. The van der Waals surface area contributed by atoms with Crippen molar-refractivity contribution in [1.29, 1.82) is 0 Å². The Kier molecular flexibility index (Phi) is 5.02. The lowest BCUT2D eigenvalue weighted by molar-refractivity contribution is -0.138. The minimum absolute atomic E-state index is 0.0817. The summed E-state index contributed by atoms with van der Waals surface area (Å²) in [5.74, 6) is -0.328. The Bertz CT molecular complexity index is 616. The molecular formula is C17H24N2O2. The van der Waals surface area contributed by atoms with Gasteiger partial charge in [0.05, 0.1) is 6.54 Å². The second-order valence-corrected chi connectivity index (χ2v) is 5.96. The highest BCUT2D eigenvalue weighted by Gasteiger charge is 2.15. The third kappa shape index (κ3) is 3.85. The predicted octanol–water partition coefficient (Wildman–Crippen LogP) is 3.27. The molecule has 4 nitrogen and oxygen atoms in total. The van der Waals surface area contributed by atoms with Gasteiger partial charge in [-0.25, -0.2) is 0 Å². The summed E-state index contributed by atoms with van der Waals surface area (Å²) in [6, 6.07) is 6.31. The van der Waals surface area contributed by atoms with Gasteiger partial charge in [-0.05, 0) is 23.5 Å². The molecule has 2 rings (SSSR count). The van der Waals surface area contributed by atoms with Gasteiger partial charge in [-0.2, -0.15) is 0 Å². The summed E-state index contributed by atoms with van der Waals surface area (Å²) in [5.41, 5.74) is 3.64. The average Bonchev–Trinajstić information content (AvgIpc) is 2.80. The molecule has 1 heterocycles. The largest absolute Gasteiger partial charge is 0.480 e. The van der Waals surface area contributed by atoms with Gasteiger partial charge < -0.3 is 10.1 Å². The molecule has 0 aliphatic heterocycles. The van der Waals surface area contributed by atoms with Gasteiger partial charge in [0.15, 0.2) is 0 Å². The molecule has 0 saturated carbocycles. The summed E-state index contributed by atoms with van der Waals surface area (Å²) in [6.07, 6.45) is 3.00. The lowest BCUT2D eigenvalue weighted by Crippen LogP contribution is -2.32. The van der Waals surface area contributed by atoms with Crippen molar-refractivity contribution in [2.75, 3.05) is 13.1 Å². The van der Waals surface area contributed by atoms with Crippen LogP contribution in [-0.2, 0) is 17.8 Å². The molecular weight excluding hydrogens is 264 g/mol. The zero-order chi connectivity index (χ0) is 15.4. The Morgan fingerprint density at radius 3 is 2.71 bits per heavy atom. The van der Waals surface area contributed by atoms with E-state index in [0.29, 0.717) is 12.5 Å². The van der Waals surface area contributed by atoms with E-state index in [-0.39, 0.29) is 6.54 Å². The summed E-state index contributed by atoms with van der Waals surface area (Å²) in [7, 11) is 0. The molecule has 0 fully saturated rings. The minimum Gasteiger partial charge on any atom is -0.480 e. The normalized spacial score (nSPS) is 11.7. The van der Waals surface area contributed by atoms with Crippen LogP contribution in [0.4, 0.5) is 0 Å². The first-order chi connectivity index (χ1) is 10.0. The number of hydrogen-bond donors (Lipinski definition) is 2. The van der Waals surface area contributed by atoms with Gasteiger partial charge in [-0.3, -0.25) is 9.69 Å². The van der Waals surface area contributed by atoms with Gasteiger partial charge in [-0.1, -0.05) is 39.0 Å². The van der Waals surface area contributed by atoms with Gasteiger partial charge in [0.2, 0.25) is 0 Å². The monoisotopic (exact) mass is 288 g/mol. The molecule has 0 amide bonds. The number of carboxylic acid groups (broad SMARTS) is 1. The number of carboxylic acids is 1. The standard InChI is InChI=1S/C17H24N2O2/c1-4-13-6-5-7-15-14(8-18-17(13)15)10-19(9-12(2)3)11-16(20)21/h5-8,12,18H,4,9-11H2,1-3H3,(H,20,21). The number of H-pyrrole nitrogens is 1. The van der Waals surface area contributed by atoms with Gasteiger partial charge in [0.25, 0.3) is 0 Å².